The molecule has 3 aromatic rings. The van der Waals surface area contributed by atoms with E-state index >= 15 is 0 Å². The SMILES string of the molecule is CCn1c(SCCOc2cccc(Br)c2)nc2cc(S(N)(=O)=O)ccc21. The van der Waals surface area contributed by atoms with Gasteiger partial charge in [0.05, 0.1) is 22.5 Å². The second-order valence-corrected chi connectivity index (χ2v) is 9.03. The summed E-state index contributed by atoms with van der Waals surface area (Å²) in [5.41, 5.74) is 1.50. The van der Waals surface area contributed by atoms with Crippen molar-refractivity contribution in [2.45, 2.75) is 23.5 Å². The highest BCUT2D eigenvalue weighted by molar-refractivity contribution is 9.10. The number of thioether (sulfide) groups is 1. The molecule has 3 rings (SSSR count). The molecular weight excluding hydrogens is 438 g/mol. The van der Waals surface area contributed by atoms with Crippen molar-refractivity contribution in [2.75, 3.05) is 12.4 Å². The van der Waals surface area contributed by atoms with Crippen LogP contribution in [0.1, 0.15) is 6.92 Å². The quantitative estimate of drug-likeness (QED) is 0.433. The van der Waals surface area contributed by atoms with Gasteiger partial charge < -0.3 is 9.30 Å². The number of hydrogen-bond acceptors (Lipinski definition) is 5. The zero-order chi connectivity index (χ0) is 18.7. The zero-order valence-corrected chi connectivity index (χ0v) is 17.3. The summed E-state index contributed by atoms with van der Waals surface area (Å²) in [7, 11) is -3.74. The van der Waals surface area contributed by atoms with E-state index < -0.39 is 10.0 Å². The van der Waals surface area contributed by atoms with E-state index in [4.69, 9.17) is 9.88 Å². The molecule has 0 atom stereocenters. The van der Waals surface area contributed by atoms with Crippen molar-refractivity contribution in [3.05, 3.63) is 46.9 Å². The van der Waals surface area contributed by atoms with Gasteiger partial charge in [0.15, 0.2) is 5.16 Å². The van der Waals surface area contributed by atoms with Crippen LogP contribution in [0.25, 0.3) is 11.0 Å². The minimum atomic E-state index is -3.74. The van der Waals surface area contributed by atoms with Crippen LogP contribution in [0, 0.1) is 0 Å². The Morgan fingerprint density at radius 3 is 2.77 bits per heavy atom. The van der Waals surface area contributed by atoms with Crippen LogP contribution in [0.3, 0.4) is 0 Å². The van der Waals surface area contributed by atoms with Crippen molar-refractivity contribution < 1.29 is 13.2 Å². The first-order valence-corrected chi connectivity index (χ1v) is 11.2. The molecule has 1 heterocycles. The highest BCUT2D eigenvalue weighted by atomic mass is 79.9. The Labute approximate surface area is 164 Å². The van der Waals surface area contributed by atoms with Crippen molar-refractivity contribution in [1.29, 1.82) is 0 Å². The van der Waals surface area contributed by atoms with E-state index in [1.54, 1.807) is 17.8 Å². The summed E-state index contributed by atoms with van der Waals surface area (Å²) in [6.45, 7) is 3.30. The number of nitrogens with two attached hydrogens (primary N) is 1. The lowest BCUT2D eigenvalue weighted by Crippen LogP contribution is -2.11. The summed E-state index contributed by atoms with van der Waals surface area (Å²) in [6.07, 6.45) is 0. The van der Waals surface area contributed by atoms with Crippen molar-refractivity contribution in [3.8, 4) is 5.75 Å². The van der Waals surface area contributed by atoms with Gasteiger partial charge in [-0.2, -0.15) is 0 Å². The summed E-state index contributed by atoms with van der Waals surface area (Å²) in [4.78, 5) is 4.63. The number of fused-ring (bicyclic) bond motifs is 1. The summed E-state index contributed by atoms with van der Waals surface area (Å²) in [5, 5.41) is 6.03. The molecule has 0 saturated heterocycles. The van der Waals surface area contributed by atoms with E-state index in [2.05, 4.69) is 20.9 Å². The topological polar surface area (TPSA) is 87.2 Å². The number of halogens is 1. The molecule has 0 aliphatic heterocycles. The van der Waals surface area contributed by atoms with Gasteiger partial charge in [0.2, 0.25) is 10.0 Å². The van der Waals surface area contributed by atoms with Crippen LogP contribution in [0.4, 0.5) is 0 Å². The third kappa shape index (κ3) is 4.40. The Morgan fingerprint density at radius 2 is 2.08 bits per heavy atom. The molecule has 0 aliphatic carbocycles. The molecule has 0 bridgehead atoms. The smallest absolute Gasteiger partial charge is 0.238 e. The van der Waals surface area contributed by atoms with Crippen molar-refractivity contribution in [2.24, 2.45) is 5.14 Å². The fourth-order valence-corrected chi connectivity index (χ4v) is 4.34. The average molecular weight is 456 g/mol. The summed E-state index contributed by atoms with van der Waals surface area (Å²) < 4.78 is 31.8. The van der Waals surface area contributed by atoms with Gasteiger partial charge in [-0.15, -0.1) is 0 Å². The number of hydrogen-bond donors (Lipinski definition) is 1. The maximum Gasteiger partial charge on any atom is 0.238 e. The van der Waals surface area contributed by atoms with Gasteiger partial charge >= 0.3 is 0 Å². The van der Waals surface area contributed by atoms with Gasteiger partial charge in [-0.3, -0.25) is 0 Å². The molecule has 2 aromatic carbocycles. The van der Waals surface area contributed by atoms with E-state index in [0.717, 1.165) is 33.2 Å². The third-order valence-electron chi connectivity index (χ3n) is 3.71. The Kier molecular flexibility index (Phi) is 5.91. The molecule has 6 nitrogen and oxygen atoms in total. The predicted octanol–water partition coefficient (Wildman–Crippen LogP) is 3.64. The molecule has 0 spiro atoms. The van der Waals surface area contributed by atoms with Crippen LogP contribution in [0.5, 0.6) is 5.75 Å². The first kappa shape index (κ1) is 19.2. The van der Waals surface area contributed by atoms with Gasteiger partial charge in [-0.1, -0.05) is 33.8 Å². The third-order valence-corrected chi connectivity index (χ3v) is 6.05. The van der Waals surface area contributed by atoms with Crippen molar-refractivity contribution in [3.63, 3.8) is 0 Å². The molecule has 2 N–H and O–H groups in total. The van der Waals surface area contributed by atoms with E-state index in [9.17, 15) is 8.42 Å². The van der Waals surface area contributed by atoms with Gasteiger partial charge in [-0.25, -0.2) is 18.5 Å². The Bertz CT molecular complexity index is 1030. The maximum atomic E-state index is 11.5. The highest BCUT2D eigenvalue weighted by Crippen LogP contribution is 2.26. The number of sulfonamides is 1. The monoisotopic (exact) mass is 455 g/mol. The summed E-state index contributed by atoms with van der Waals surface area (Å²) in [6, 6.07) is 12.5. The van der Waals surface area contributed by atoms with Gasteiger partial charge in [0.25, 0.3) is 0 Å². The lowest BCUT2D eigenvalue weighted by atomic mass is 10.3. The van der Waals surface area contributed by atoms with E-state index in [-0.39, 0.29) is 4.90 Å². The number of rotatable bonds is 7. The molecular formula is C17H18BrN3O3S2. The molecule has 0 unspecified atom stereocenters. The predicted molar refractivity (Wildman–Crippen MR) is 107 cm³/mol. The molecule has 1 aromatic heterocycles. The minimum absolute atomic E-state index is 0.0697. The van der Waals surface area contributed by atoms with Crippen LogP contribution in [-0.2, 0) is 16.6 Å². The van der Waals surface area contributed by atoms with Gasteiger partial charge in [-0.05, 0) is 43.3 Å². The fraction of sp³-hybridized carbons (Fsp3) is 0.235. The zero-order valence-electron chi connectivity index (χ0n) is 14.1. The number of aryl methyl sites for hydroxylation is 1. The molecule has 9 heteroatoms. The molecule has 138 valence electrons. The van der Waals surface area contributed by atoms with Crippen LogP contribution in [0.15, 0.2) is 57.0 Å². The number of nitrogens with zero attached hydrogens (tertiary/aromatic N) is 2. The van der Waals surface area contributed by atoms with E-state index in [1.165, 1.54) is 12.1 Å². The highest BCUT2D eigenvalue weighted by Gasteiger charge is 2.14. The fourth-order valence-electron chi connectivity index (χ4n) is 2.53. The van der Waals surface area contributed by atoms with Crippen LogP contribution >= 0.6 is 27.7 Å². The lowest BCUT2D eigenvalue weighted by Gasteiger charge is -2.07. The van der Waals surface area contributed by atoms with Crippen LogP contribution in [-0.4, -0.2) is 30.3 Å². The van der Waals surface area contributed by atoms with Crippen molar-refractivity contribution >= 4 is 48.7 Å². The van der Waals surface area contributed by atoms with Gasteiger partial charge in [0, 0.05) is 16.8 Å². The number of imidazole rings is 1. The Morgan fingerprint density at radius 1 is 1.27 bits per heavy atom. The largest absolute Gasteiger partial charge is 0.493 e. The second kappa shape index (κ2) is 7.99. The van der Waals surface area contributed by atoms with E-state index in [1.807, 2.05) is 35.8 Å². The standard InChI is InChI=1S/C17H18BrN3O3S2/c1-2-21-16-7-6-14(26(19,22)23)11-15(16)20-17(21)25-9-8-24-13-5-3-4-12(18)10-13/h3-7,10-11H,2,8-9H2,1H3,(H2,19,22,23). The number of ether oxygens (including phenoxy) is 1. The van der Waals surface area contributed by atoms with Crippen LogP contribution in [0.2, 0.25) is 0 Å². The summed E-state index contributed by atoms with van der Waals surface area (Å²) >= 11 is 4.98. The average Bonchev–Trinajstić information content (AvgIpc) is 2.94. The first-order valence-electron chi connectivity index (χ1n) is 7.92. The second-order valence-electron chi connectivity index (χ2n) is 5.49. The van der Waals surface area contributed by atoms with Crippen LogP contribution < -0.4 is 9.88 Å². The number of aromatic nitrogens is 2. The van der Waals surface area contributed by atoms with Gasteiger partial charge in [0.1, 0.15) is 5.75 Å². The molecule has 26 heavy (non-hydrogen) atoms. The molecule has 0 aliphatic rings. The lowest BCUT2D eigenvalue weighted by molar-refractivity contribution is 0.343. The Balaban J connectivity index is 1.72. The Hall–Kier alpha value is -1.55. The van der Waals surface area contributed by atoms with Crippen molar-refractivity contribution in [1.82, 2.24) is 9.55 Å². The van der Waals surface area contributed by atoms with E-state index in [0.29, 0.717) is 12.1 Å². The molecule has 0 amide bonds. The molecule has 0 fully saturated rings. The number of benzene rings is 2. The summed E-state index contributed by atoms with van der Waals surface area (Å²) in [5.74, 6) is 1.53. The number of primary sulfonamides is 1. The minimum Gasteiger partial charge on any atom is -0.493 e. The normalized spacial score (nSPS) is 11.8. The maximum absolute atomic E-state index is 11.5. The molecule has 0 radical (unpaired) electrons. The molecule has 0 saturated carbocycles. The first-order chi connectivity index (χ1) is 12.4.